The molecule has 0 saturated carbocycles. The summed E-state index contributed by atoms with van der Waals surface area (Å²) in [7, 11) is 1.61. The second-order valence-corrected chi connectivity index (χ2v) is 5.87. The van der Waals surface area contributed by atoms with E-state index in [1.807, 2.05) is 18.2 Å². The van der Waals surface area contributed by atoms with Gasteiger partial charge in [-0.25, -0.2) is 4.79 Å². The highest BCUT2D eigenvalue weighted by molar-refractivity contribution is 9.10. The minimum Gasteiger partial charge on any atom is -0.496 e. The summed E-state index contributed by atoms with van der Waals surface area (Å²) in [6.45, 7) is 2.10. The highest BCUT2D eigenvalue weighted by Crippen LogP contribution is 2.37. The number of halogens is 1. The number of hydrogen-bond acceptors (Lipinski definition) is 5. The van der Waals surface area contributed by atoms with Crippen molar-refractivity contribution in [1.82, 2.24) is 0 Å². The van der Waals surface area contributed by atoms with Crippen LogP contribution in [0.2, 0.25) is 0 Å². The van der Waals surface area contributed by atoms with Gasteiger partial charge in [0.15, 0.2) is 0 Å². The van der Waals surface area contributed by atoms with Gasteiger partial charge in [-0.1, -0.05) is 0 Å². The van der Waals surface area contributed by atoms with Crippen LogP contribution in [0.15, 0.2) is 28.7 Å². The van der Waals surface area contributed by atoms with Crippen molar-refractivity contribution < 1.29 is 14.3 Å². The van der Waals surface area contributed by atoms with Crippen LogP contribution < -0.4 is 10.5 Å². The largest absolute Gasteiger partial charge is 0.496 e. The summed E-state index contributed by atoms with van der Waals surface area (Å²) in [6, 6.07) is 7.49. The number of thiophene rings is 1. The van der Waals surface area contributed by atoms with E-state index >= 15 is 0 Å². The molecule has 106 valence electrons. The SMILES string of the molecule is CCOC(=O)c1sc(-c2ccc(OC)c(Br)c2)cc1N. The van der Waals surface area contributed by atoms with E-state index in [2.05, 4.69) is 15.9 Å². The van der Waals surface area contributed by atoms with Gasteiger partial charge in [-0.2, -0.15) is 0 Å². The highest BCUT2D eigenvalue weighted by atomic mass is 79.9. The second-order valence-electron chi connectivity index (χ2n) is 3.96. The van der Waals surface area contributed by atoms with E-state index < -0.39 is 0 Å². The first-order valence-electron chi connectivity index (χ1n) is 5.97. The van der Waals surface area contributed by atoms with Gasteiger partial charge in [0.2, 0.25) is 0 Å². The van der Waals surface area contributed by atoms with Crippen LogP contribution in [0, 0.1) is 0 Å². The lowest BCUT2D eigenvalue weighted by Gasteiger charge is -2.04. The zero-order chi connectivity index (χ0) is 14.7. The number of anilines is 1. The van der Waals surface area contributed by atoms with E-state index in [0.717, 1.165) is 20.7 Å². The van der Waals surface area contributed by atoms with Gasteiger partial charge < -0.3 is 15.2 Å². The molecule has 1 heterocycles. The summed E-state index contributed by atoms with van der Waals surface area (Å²) in [6.07, 6.45) is 0. The maximum atomic E-state index is 11.8. The van der Waals surface area contributed by atoms with Gasteiger partial charge in [0.1, 0.15) is 10.6 Å². The molecular weight excluding hydrogens is 342 g/mol. The topological polar surface area (TPSA) is 61.5 Å². The molecule has 0 aliphatic heterocycles. The predicted octanol–water partition coefficient (Wildman–Crippen LogP) is 3.95. The van der Waals surface area contributed by atoms with Gasteiger partial charge in [0.25, 0.3) is 0 Å². The van der Waals surface area contributed by atoms with Crippen LogP contribution >= 0.6 is 27.3 Å². The molecule has 0 aliphatic carbocycles. The standard InChI is InChI=1S/C14H14BrNO3S/c1-3-19-14(17)13-10(16)7-12(20-13)8-4-5-11(18-2)9(15)6-8/h4-7H,3,16H2,1-2H3. The van der Waals surface area contributed by atoms with Gasteiger partial charge in [-0.05, 0) is 52.7 Å². The Morgan fingerprint density at radius 2 is 2.15 bits per heavy atom. The van der Waals surface area contributed by atoms with E-state index in [4.69, 9.17) is 15.2 Å². The van der Waals surface area contributed by atoms with Crippen molar-refractivity contribution in [2.75, 3.05) is 19.5 Å². The molecule has 0 amide bonds. The molecule has 0 unspecified atom stereocenters. The summed E-state index contributed by atoms with van der Waals surface area (Å²) in [4.78, 5) is 13.1. The fourth-order valence-electron chi connectivity index (χ4n) is 1.72. The van der Waals surface area contributed by atoms with Gasteiger partial charge >= 0.3 is 5.97 Å². The molecule has 0 aliphatic rings. The molecule has 1 aromatic heterocycles. The van der Waals surface area contributed by atoms with Crippen molar-refractivity contribution in [2.24, 2.45) is 0 Å². The molecule has 1 aromatic carbocycles. The second kappa shape index (κ2) is 6.28. The number of nitrogens with two attached hydrogens (primary N) is 1. The smallest absolute Gasteiger partial charge is 0.350 e. The first-order valence-corrected chi connectivity index (χ1v) is 7.58. The molecule has 2 rings (SSSR count). The number of carbonyl (C=O) groups excluding carboxylic acids is 1. The molecule has 0 radical (unpaired) electrons. The van der Waals surface area contributed by atoms with Gasteiger partial charge in [-0.15, -0.1) is 11.3 Å². The lowest BCUT2D eigenvalue weighted by Crippen LogP contribution is -2.04. The Labute approximate surface area is 129 Å². The zero-order valence-corrected chi connectivity index (χ0v) is 13.5. The van der Waals surface area contributed by atoms with Crippen LogP contribution in [0.3, 0.4) is 0 Å². The van der Waals surface area contributed by atoms with Crippen molar-refractivity contribution in [3.63, 3.8) is 0 Å². The van der Waals surface area contributed by atoms with Gasteiger partial charge in [-0.3, -0.25) is 0 Å². The van der Waals surface area contributed by atoms with Crippen molar-refractivity contribution in [3.8, 4) is 16.2 Å². The summed E-state index contributed by atoms with van der Waals surface area (Å²) in [5, 5.41) is 0. The van der Waals surface area contributed by atoms with E-state index in [0.29, 0.717) is 17.2 Å². The van der Waals surface area contributed by atoms with E-state index in [9.17, 15) is 4.79 Å². The quantitative estimate of drug-likeness (QED) is 0.843. The third-order valence-corrected chi connectivity index (χ3v) is 4.46. The van der Waals surface area contributed by atoms with Gasteiger partial charge in [0, 0.05) is 4.88 Å². The predicted molar refractivity (Wildman–Crippen MR) is 84.4 cm³/mol. The number of methoxy groups -OCH3 is 1. The number of esters is 1. The Morgan fingerprint density at radius 3 is 2.75 bits per heavy atom. The van der Waals surface area contributed by atoms with Crippen molar-refractivity contribution in [2.45, 2.75) is 6.92 Å². The van der Waals surface area contributed by atoms with Crippen molar-refractivity contribution >= 4 is 38.9 Å². The zero-order valence-electron chi connectivity index (χ0n) is 11.1. The van der Waals surface area contributed by atoms with Crippen LogP contribution in [-0.2, 0) is 4.74 Å². The minimum absolute atomic E-state index is 0.333. The molecule has 0 saturated heterocycles. The van der Waals surface area contributed by atoms with Crippen LogP contribution in [0.5, 0.6) is 5.75 Å². The number of benzene rings is 1. The molecule has 0 fully saturated rings. The Hall–Kier alpha value is -1.53. The molecule has 0 atom stereocenters. The van der Waals surface area contributed by atoms with Crippen LogP contribution in [-0.4, -0.2) is 19.7 Å². The van der Waals surface area contributed by atoms with E-state index in [1.165, 1.54) is 11.3 Å². The Morgan fingerprint density at radius 1 is 1.40 bits per heavy atom. The first kappa shape index (κ1) is 14.9. The molecule has 2 N–H and O–H groups in total. The summed E-state index contributed by atoms with van der Waals surface area (Å²) >= 11 is 4.76. The number of carbonyl (C=O) groups is 1. The summed E-state index contributed by atoms with van der Waals surface area (Å²) < 4.78 is 11.0. The lowest BCUT2D eigenvalue weighted by molar-refractivity contribution is 0.0533. The number of nitrogen functional groups attached to an aromatic ring is 1. The Kier molecular flexibility index (Phi) is 4.67. The molecular formula is C14H14BrNO3S. The molecule has 0 bridgehead atoms. The minimum atomic E-state index is -0.381. The average Bonchev–Trinajstić information content (AvgIpc) is 2.81. The molecule has 0 spiro atoms. The Balaban J connectivity index is 2.37. The Bertz CT molecular complexity index is 639. The molecule has 4 nitrogen and oxygen atoms in total. The normalized spacial score (nSPS) is 10.3. The van der Waals surface area contributed by atoms with Crippen molar-refractivity contribution in [3.05, 3.63) is 33.6 Å². The lowest BCUT2D eigenvalue weighted by atomic mass is 10.2. The number of rotatable bonds is 4. The molecule has 6 heteroatoms. The highest BCUT2D eigenvalue weighted by Gasteiger charge is 2.16. The monoisotopic (exact) mass is 355 g/mol. The van der Waals surface area contributed by atoms with Crippen molar-refractivity contribution in [1.29, 1.82) is 0 Å². The van der Waals surface area contributed by atoms with E-state index in [1.54, 1.807) is 20.1 Å². The average molecular weight is 356 g/mol. The first-order chi connectivity index (χ1) is 9.56. The maximum absolute atomic E-state index is 11.8. The third-order valence-electron chi connectivity index (χ3n) is 2.66. The van der Waals surface area contributed by atoms with Crippen LogP contribution in [0.4, 0.5) is 5.69 Å². The van der Waals surface area contributed by atoms with Crippen LogP contribution in [0.1, 0.15) is 16.6 Å². The fourth-order valence-corrected chi connectivity index (χ4v) is 3.23. The van der Waals surface area contributed by atoms with Gasteiger partial charge in [0.05, 0.1) is 23.9 Å². The third kappa shape index (κ3) is 2.96. The van der Waals surface area contributed by atoms with Crippen LogP contribution in [0.25, 0.3) is 10.4 Å². The number of ether oxygens (including phenoxy) is 2. The summed E-state index contributed by atoms with van der Waals surface area (Å²) in [5.41, 5.74) is 7.28. The van der Waals surface area contributed by atoms with E-state index in [-0.39, 0.29) is 5.97 Å². The summed E-state index contributed by atoms with van der Waals surface area (Å²) in [5.74, 6) is 0.373. The molecule has 2 aromatic rings. The molecule has 20 heavy (non-hydrogen) atoms. The fraction of sp³-hybridized carbons (Fsp3) is 0.214. The number of hydrogen-bond donors (Lipinski definition) is 1. The maximum Gasteiger partial charge on any atom is 0.350 e.